The lowest BCUT2D eigenvalue weighted by Crippen LogP contribution is -2.11. The molecular formula is C20H18F2N6O3. The van der Waals surface area contributed by atoms with Crippen molar-refractivity contribution in [1.29, 1.82) is 0 Å². The van der Waals surface area contributed by atoms with Crippen molar-refractivity contribution >= 4 is 5.52 Å². The molecule has 1 aliphatic rings. The SMILES string of the molecule is COCOc1cc(F)c(-n2cc([C@H](O)c3c(C4CC4)ncc4cncn34)nn2)cc1F. The molecule has 1 N–H and O–H groups in total. The number of methoxy groups -OCH3 is 1. The molecule has 0 saturated heterocycles. The maximum absolute atomic E-state index is 14.6. The largest absolute Gasteiger partial charge is 0.464 e. The van der Waals surface area contributed by atoms with E-state index in [0.29, 0.717) is 5.69 Å². The lowest BCUT2D eigenvalue weighted by atomic mass is 10.1. The molecule has 9 nitrogen and oxygen atoms in total. The normalized spacial score (nSPS) is 14.8. The number of aliphatic hydroxyl groups is 1. The molecule has 1 aliphatic carbocycles. The van der Waals surface area contributed by atoms with Crippen LogP contribution < -0.4 is 4.74 Å². The van der Waals surface area contributed by atoms with Gasteiger partial charge in [0.05, 0.1) is 41.8 Å². The second kappa shape index (κ2) is 7.67. The summed E-state index contributed by atoms with van der Waals surface area (Å²) < 4.78 is 41.4. The molecule has 0 bridgehead atoms. The van der Waals surface area contributed by atoms with Gasteiger partial charge in [0.1, 0.15) is 17.5 Å². The lowest BCUT2D eigenvalue weighted by molar-refractivity contribution is 0.0480. The van der Waals surface area contributed by atoms with Gasteiger partial charge < -0.3 is 14.6 Å². The highest BCUT2D eigenvalue weighted by Gasteiger charge is 2.32. The molecule has 0 radical (unpaired) electrons. The molecule has 3 aromatic heterocycles. The fraction of sp³-hybridized carbons (Fsp3) is 0.300. The average Bonchev–Trinajstić information content (AvgIpc) is 3.30. The first-order valence-electron chi connectivity index (χ1n) is 9.59. The number of halogens is 2. The van der Waals surface area contributed by atoms with Crippen LogP contribution in [0.4, 0.5) is 8.78 Å². The summed E-state index contributed by atoms with van der Waals surface area (Å²) in [5, 5.41) is 18.9. The monoisotopic (exact) mass is 428 g/mol. The van der Waals surface area contributed by atoms with Gasteiger partial charge in [-0.3, -0.25) is 9.38 Å². The van der Waals surface area contributed by atoms with Crippen LogP contribution in [-0.2, 0) is 4.74 Å². The zero-order valence-corrected chi connectivity index (χ0v) is 16.4. The van der Waals surface area contributed by atoms with Crippen molar-refractivity contribution in [2.45, 2.75) is 24.9 Å². The van der Waals surface area contributed by atoms with Crippen LogP contribution in [0.25, 0.3) is 11.2 Å². The first-order chi connectivity index (χ1) is 15.1. The summed E-state index contributed by atoms with van der Waals surface area (Å²) in [4.78, 5) is 8.62. The molecule has 1 atom stereocenters. The van der Waals surface area contributed by atoms with Gasteiger partial charge in [0, 0.05) is 25.2 Å². The third kappa shape index (κ3) is 3.51. The Bertz CT molecular complexity index is 1250. The van der Waals surface area contributed by atoms with E-state index >= 15 is 0 Å². The van der Waals surface area contributed by atoms with Crippen LogP contribution >= 0.6 is 0 Å². The Balaban J connectivity index is 1.51. The highest BCUT2D eigenvalue weighted by molar-refractivity contribution is 5.47. The predicted octanol–water partition coefficient (Wildman–Crippen LogP) is 2.53. The Morgan fingerprint density at radius 3 is 2.84 bits per heavy atom. The van der Waals surface area contributed by atoms with Gasteiger partial charge in [0.25, 0.3) is 0 Å². The maximum atomic E-state index is 14.6. The van der Waals surface area contributed by atoms with Crippen molar-refractivity contribution in [2.24, 2.45) is 0 Å². The van der Waals surface area contributed by atoms with Crippen molar-refractivity contribution in [3.05, 3.63) is 65.8 Å². The van der Waals surface area contributed by atoms with E-state index in [1.807, 2.05) is 0 Å². The second-order valence-electron chi connectivity index (χ2n) is 7.27. The van der Waals surface area contributed by atoms with Crippen LogP contribution in [0.2, 0.25) is 0 Å². The average molecular weight is 428 g/mol. The molecule has 4 aromatic rings. The molecular weight excluding hydrogens is 410 g/mol. The number of imidazole rings is 1. The minimum atomic E-state index is -1.17. The third-order valence-corrected chi connectivity index (χ3v) is 5.12. The summed E-state index contributed by atoms with van der Waals surface area (Å²) in [6, 6.07) is 1.85. The fourth-order valence-electron chi connectivity index (χ4n) is 3.46. The highest BCUT2D eigenvalue weighted by atomic mass is 19.1. The van der Waals surface area contributed by atoms with Gasteiger partial charge in [0.15, 0.2) is 24.2 Å². The molecule has 0 spiro atoms. The van der Waals surface area contributed by atoms with E-state index in [1.54, 1.807) is 23.1 Å². The molecule has 160 valence electrons. The standard InChI is InChI=1S/C20H18F2N6O3/c1-30-10-31-17-5-13(21)16(4-14(17)22)28-8-15(25-26-28)20(29)19-18(11-2-3-11)24-7-12-6-23-9-27(12)19/h4-9,11,20,29H,2-3,10H2,1H3/t20-/m0/s1. The number of ether oxygens (including phenoxy) is 2. The molecule has 0 unspecified atom stereocenters. The van der Waals surface area contributed by atoms with Crippen molar-refractivity contribution < 1.29 is 23.4 Å². The summed E-state index contributed by atoms with van der Waals surface area (Å²) in [6.45, 7) is -0.216. The predicted molar refractivity (Wildman–Crippen MR) is 103 cm³/mol. The summed E-state index contributed by atoms with van der Waals surface area (Å²) in [6.07, 6.45) is 7.10. The third-order valence-electron chi connectivity index (χ3n) is 5.12. The van der Waals surface area contributed by atoms with Crippen LogP contribution in [0.15, 0.2) is 37.1 Å². The van der Waals surface area contributed by atoms with E-state index in [1.165, 1.54) is 13.3 Å². The zero-order chi connectivity index (χ0) is 21.5. The number of hydrogen-bond acceptors (Lipinski definition) is 7. The molecule has 0 aliphatic heterocycles. The Morgan fingerprint density at radius 1 is 1.23 bits per heavy atom. The van der Waals surface area contributed by atoms with E-state index in [2.05, 4.69) is 20.3 Å². The Kier molecular flexibility index (Phi) is 4.83. The number of aromatic nitrogens is 6. The van der Waals surface area contributed by atoms with E-state index in [4.69, 9.17) is 9.47 Å². The quantitative estimate of drug-likeness (QED) is 0.452. The maximum Gasteiger partial charge on any atom is 0.188 e. The number of benzene rings is 1. The number of hydrogen-bond donors (Lipinski definition) is 1. The van der Waals surface area contributed by atoms with E-state index < -0.39 is 17.7 Å². The Labute approximate surface area is 174 Å². The van der Waals surface area contributed by atoms with Crippen LogP contribution in [0.1, 0.15) is 41.9 Å². The second-order valence-corrected chi connectivity index (χ2v) is 7.27. The number of aliphatic hydroxyl groups excluding tert-OH is 1. The van der Waals surface area contributed by atoms with Crippen molar-refractivity contribution in [2.75, 3.05) is 13.9 Å². The topological polar surface area (TPSA) is 99.6 Å². The van der Waals surface area contributed by atoms with Crippen molar-refractivity contribution in [1.82, 2.24) is 29.4 Å². The molecule has 0 amide bonds. The summed E-state index contributed by atoms with van der Waals surface area (Å²) >= 11 is 0. The summed E-state index contributed by atoms with van der Waals surface area (Å²) in [5.74, 6) is -1.57. The van der Waals surface area contributed by atoms with Crippen molar-refractivity contribution in [3.8, 4) is 11.4 Å². The number of fused-ring (bicyclic) bond motifs is 1. The molecule has 11 heteroatoms. The van der Waals surface area contributed by atoms with E-state index in [9.17, 15) is 13.9 Å². The van der Waals surface area contributed by atoms with Gasteiger partial charge >= 0.3 is 0 Å². The zero-order valence-electron chi connectivity index (χ0n) is 16.4. The van der Waals surface area contributed by atoms with Gasteiger partial charge in [0.2, 0.25) is 0 Å². The molecule has 5 rings (SSSR count). The Morgan fingerprint density at radius 2 is 2.06 bits per heavy atom. The smallest absolute Gasteiger partial charge is 0.188 e. The van der Waals surface area contributed by atoms with E-state index in [0.717, 1.165) is 40.9 Å². The molecule has 31 heavy (non-hydrogen) atoms. The minimum absolute atomic E-state index is 0.171. The number of rotatable bonds is 7. The minimum Gasteiger partial charge on any atom is -0.464 e. The van der Waals surface area contributed by atoms with Gasteiger partial charge in [-0.15, -0.1) is 5.10 Å². The van der Waals surface area contributed by atoms with Crippen LogP contribution in [0.5, 0.6) is 5.75 Å². The fourth-order valence-corrected chi connectivity index (χ4v) is 3.46. The molecule has 1 aromatic carbocycles. The molecule has 1 fully saturated rings. The Hall–Kier alpha value is -3.44. The molecule has 3 heterocycles. The number of nitrogens with zero attached hydrogens (tertiary/aromatic N) is 6. The van der Waals surface area contributed by atoms with Crippen LogP contribution in [0, 0.1) is 11.6 Å². The molecule has 1 saturated carbocycles. The first kappa shape index (κ1) is 19.5. The van der Waals surface area contributed by atoms with Crippen LogP contribution in [-0.4, -0.2) is 48.4 Å². The van der Waals surface area contributed by atoms with Gasteiger partial charge in [-0.25, -0.2) is 18.4 Å². The summed E-state index contributed by atoms with van der Waals surface area (Å²) in [5.41, 5.74) is 2.04. The van der Waals surface area contributed by atoms with Crippen molar-refractivity contribution in [3.63, 3.8) is 0 Å². The van der Waals surface area contributed by atoms with E-state index in [-0.39, 0.29) is 29.8 Å². The van der Waals surface area contributed by atoms with Gasteiger partial charge in [-0.05, 0) is 12.8 Å². The van der Waals surface area contributed by atoms with Crippen LogP contribution in [0.3, 0.4) is 0 Å². The lowest BCUT2D eigenvalue weighted by Gasteiger charge is -2.15. The highest BCUT2D eigenvalue weighted by Crippen LogP contribution is 2.42. The summed E-state index contributed by atoms with van der Waals surface area (Å²) in [7, 11) is 1.37. The van der Waals surface area contributed by atoms with Gasteiger partial charge in [-0.1, -0.05) is 5.21 Å². The first-order valence-corrected chi connectivity index (χ1v) is 9.59. The van der Waals surface area contributed by atoms with Gasteiger partial charge in [-0.2, -0.15) is 0 Å².